The number of alkyl halides is 2. The van der Waals surface area contributed by atoms with Crippen LogP contribution in [0.1, 0.15) is 35.7 Å². The summed E-state index contributed by atoms with van der Waals surface area (Å²) in [6.07, 6.45) is 4.55. The highest BCUT2D eigenvalue weighted by Crippen LogP contribution is 2.36. The first kappa shape index (κ1) is 17.4. The molecule has 2 aromatic heterocycles. The lowest BCUT2D eigenvalue weighted by Gasteiger charge is -2.16. The van der Waals surface area contributed by atoms with Gasteiger partial charge in [-0.3, -0.25) is 5.10 Å². The van der Waals surface area contributed by atoms with Gasteiger partial charge in [-0.1, -0.05) is 6.07 Å². The fourth-order valence-electron chi connectivity index (χ4n) is 3.93. The van der Waals surface area contributed by atoms with Gasteiger partial charge in [-0.15, -0.1) is 0 Å². The Kier molecular flexibility index (Phi) is 4.02. The fraction of sp³-hybridized carbons (Fsp3) is 0.190. The van der Waals surface area contributed by atoms with Crippen molar-refractivity contribution >= 4 is 16.6 Å². The second-order valence-electron chi connectivity index (χ2n) is 7.08. The number of nitriles is 1. The highest BCUT2D eigenvalue weighted by atomic mass is 19.3. The van der Waals surface area contributed by atoms with Gasteiger partial charge in [-0.25, -0.2) is 4.68 Å². The summed E-state index contributed by atoms with van der Waals surface area (Å²) >= 11 is 0. The molecule has 1 atom stereocenters. The standard InChI is InChI=1S/C21H16F2N6/c22-21(23)29-11-14(10-25-29)20-17-8-15(3-6-19(17)27-28-20)26-18-5-2-13-7-12(9-24)1-4-16(13)18/h1,3-4,6-8,10-11,18,21,26H,2,5H2,(H,27,28). The average Bonchev–Trinajstić information content (AvgIpc) is 3.45. The molecule has 0 radical (unpaired) electrons. The Bertz CT molecular complexity index is 1250. The predicted octanol–water partition coefficient (Wildman–Crippen LogP) is 4.79. The van der Waals surface area contributed by atoms with Crippen molar-refractivity contribution in [1.29, 1.82) is 5.26 Å². The summed E-state index contributed by atoms with van der Waals surface area (Å²) in [5.74, 6) is 0. The van der Waals surface area contributed by atoms with E-state index >= 15 is 0 Å². The third-order valence-corrected chi connectivity index (χ3v) is 5.33. The number of aromatic amines is 1. The van der Waals surface area contributed by atoms with Crippen molar-refractivity contribution in [2.75, 3.05) is 5.32 Å². The van der Waals surface area contributed by atoms with Crippen LogP contribution in [0.25, 0.3) is 22.2 Å². The van der Waals surface area contributed by atoms with Crippen molar-refractivity contribution in [2.45, 2.75) is 25.4 Å². The average molecular weight is 390 g/mol. The molecule has 6 nitrogen and oxygen atoms in total. The van der Waals surface area contributed by atoms with Crippen LogP contribution in [0.3, 0.4) is 0 Å². The second kappa shape index (κ2) is 6.71. The number of hydrogen-bond acceptors (Lipinski definition) is 4. The molecule has 0 spiro atoms. The van der Waals surface area contributed by atoms with Gasteiger partial charge in [-0.05, 0) is 54.3 Å². The summed E-state index contributed by atoms with van der Waals surface area (Å²) in [4.78, 5) is 0. The van der Waals surface area contributed by atoms with Gasteiger partial charge >= 0.3 is 6.55 Å². The molecule has 144 valence electrons. The van der Waals surface area contributed by atoms with Gasteiger partial charge in [0, 0.05) is 22.8 Å². The number of hydrogen-bond donors (Lipinski definition) is 2. The first-order chi connectivity index (χ1) is 14.1. The van der Waals surface area contributed by atoms with E-state index in [0.29, 0.717) is 21.5 Å². The number of aryl methyl sites for hydroxylation is 1. The van der Waals surface area contributed by atoms with Crippen molar-refractivity contribution in [3.05, 3.63) is 65.5 Å². The molecule has 1 unspecified atom stereocenters. The van der Waals surface area contributed by atoms with Crippen LogP contribution in [0.5, 0.6) is 0 Å². The van der Waals surface area contributed by atoms with Crippen LogP contribution >= 0.6 is 0 Å². The maximum atomic E-state index is 12.8. The van der Waals surface area contributed by atoms with Crippen LogP contribution in [0, 0.1) is 11.3 Å². The summed E-state index contributed by atoms with van der Waals surface area (Å²) in [5, 5.41) is 24.4. The number of anilines is 1. The van der Waals surface area contributed by atoms with Gasteiger partial charge in [0.2, 0.25) is 0 Å². The molecule has 2 N–H and O–H groups in total. The van der Waals surface area contributed by atoms with Crippen LogP contribution in [-0.4, -0.2) is 20.0 Å². The highest BCUT2D eigenvalue weighted by Gasteiger charge is 2.23. The van der Waals surface area contributed by atoms with Crippen LogP contribution in [-0.2, 0) is 6.42 Å². The Morgan fingerprint density at radius 2 is 2.14 bits per heavy atom. The quantitative estimate of drug-likeness (QED) is 0.525. The van der Waals surface area contributed by atoms with Crippen LogP contribution in [0.4, 0.5) is 14.5 Å². The van der Waals surface area contributed by atoms with Crippen molar-refractivity contribution in [3.8, 4) is 17.3 Å². The second-order valence-corrected chi connectivity index (χ2v) is 7.08. The van der Waals surface area contributed by atoms with E-state index in [0.717, 1.165) is 29.4 Å². The number of H-pyrrole nitrogens is 1. The van der Waals surface area contributed by atoms with Crippen LogP contribution in [0.2, 0.25) is 0 Å². The molecule has 1 aliphatic rings. The summed E-state index contributed by atoms with van der Waals surface area (Å²) in [7, 11) is 0. The van der Waals surface area contributed by atoms with E-state index < -0.39 is 6.55 Å². The van der Waals surface area contributed by atoms with Crippen LogP contribution < -0.4 is 5.32 Å². The summed E-state index contributed by atoms with van der Waals surface area (Å²) in [6.45, 7) is -2.69. The summed E-state index contributed by atoms with van der Waals surface area (Å²) < 4.78 is 26.3. The predicted molar refractivity (Wildman–Crippen MR) is 104 cm³/mol. The monoisotopic (exact) mass is 390 g/mol. The molecule has 29 heavy (non-hydrogen) atoms. The number of rotatable bonds is 4. The number of nitrogens with one attached hydrogen (secondary N) is 2. The fourth-order valence-corrected chi connectivity index (χ4v) is 3.93. The molecule has 1 aliphatic carbocycles. The lowest BCUT2D eigenvalue weighted by molar-refractivity contribution is 0.0566. The van der Waals surface area contributed by atoms with Gasteiger partial charge in [-0.2, -0.15) is 24.2 Å². The number of fused-ring (bicyclic) bond motifs is 2. The zero-order valence-electron chi connectivity index (χ0n) is 15.2. The molecular weight excluding hydrogens is 374 g/mol. The molecule has 4 aromatic rings. The van der Waals surface area contributed by atoms with E-state index in [1.54, 1.807) is 0 Å². The SMILES string of the molecule is N#Cc1ccc2c(c1)CCC2Nc1ccc2[nH]nc(-c3cnn(C(F)F)c3)c2c1. The first-order valence-corrected chi connectivity index (χ1v) is 9.22. The molecule has 2 heterocycles. The summed E-state index contributed by atoms with van der Waals surface area (Å²) in [5.41, 5.74) is 5.94. The van der Waals surface area contributed by atoms with E-state index in [-0.39, 0.29) is 6.04 Å². The maximum Gasteiger partial charge on any atom is 0.333 e. The molecule has 0 amide bonds. The Labute approximate surface area is 164 Å². The van der Waals surface area contributed by atoms with Crippen LogP contribution in [0.15, 0.2) is 48.8 Å². The smallest absolute Gasteiger partial charge is 0.333 e. The largest absolute Gasteiger partial charge is 0.378 e. The van der Waals surface area contributed by atoms with Crippen molar-refractivity contribution in [3.63, 3.8) is 0 Å². The molecule has 2 aromatic carbocycles. The topological polar surface area (TPSA) is 82.3 Å². The van der Waals surface area contributed by atoms with Gasteiger partial charge in [0.05, 0.1) is 29.4 Å². The van der Waals surface area contributed by atoms with E-state index in [2.05, 4.69) is 26.7 Å². The zero-order valence-corrected chi connectivity index (χ0v) is 15.2. The minimum Gasteiger partial charge on any atom is -0.378 e. The molecule has 0 bridgehead atoms. The minimum absolute atomic E-state index is 0.159. The lowest BCUT2D eigenvalue weighted by Crippen LogP contribution is -2.06. The Morgan fingerprint density at radius 3 is 2.93 bits per heavy atom. The van der Waals surface area contributed by atoms with Gasteiger partial charge in [0.15, 0.2) is 0 Å². The van der Waals surface area contributed by atoms with Gasteiger partial charge in [0.1, 0.15) is 5.69 Å². The zero-order chi connectivity index (χ0) is 20.0. The van der Waals surface area contributed by atoms with Gasteiger partial charge in [0.25, 0.3) is 0 Å². The highest BCUT2D eigenvalue weighted by molar-refractivity contribution is 5.94. The number of halogens is 2. The summed E-state index contributed by atoms with van der Waals surface area (Å²) in [6, 6.07) is 14.0. The third kappa shape index (κ3) is 3.01. The Balaban J connectivity index is 1.46. The first-order valence-electron chi connectivity index (χ1n) is 9.22. The number of benzene rings is 2. The molecule has 0 saturated heterocycles. The van der Waals surface area contributed by atoms with Crippen molar-refractivity contribution < 1.29 is 8.78 Å². The minimum atomic E-state index is -2.69. The number of nitrogens with zero attached hydrogens (tertiary/aromatic N) is 4. The lowest BCUT2D eigenvalue weighted by atomic mass is 10.0. The Hall–Kier alpha value is -3.73. The Morgan fingerprint density at radius 1 is 1.24 bits per heavy atom. The van der Waals surface area contributed by atoms with Crippen molar-refractivity contribution in [1.82, 2.24) is 20.0 Å². The van der Waals surface area contributed by atoms with Crippen molar-refractivity contribution in [2.24, 2.45) is 0 Å². The normalized spacial score (nSPS) is 15.6. The number of aromatic nitrogens is 4. The molecule has 0 aliphatic heterocycles. The maximum absolute atomic E-state index is 12.8. The van der Waals surface area contributed by atoms with E-state index in [1.165, 1.54) is 23.5 Å². The molecular formula is C21H16F2N6. The molecule has 8 heteroatoms. The van der Waals surface area contributed by atoms with Gasteiger partial charge < -0.3 is 5.32 Å². The van der Waals surface area contributed by atoms with E-state index in [4.69, 9.17) is 5.26 Å². The van der Waals surface area contributed by atoms with E-state index in [9.17, 15) is 8.78 Å². The molecule has 5 rings (SSSR count). The third-order valence-electron chi connectivity index (χ3n) is 5.33. The molecule has 0 saturated carbocycles. The molecule has 0 fully saturated rings. The van der Waals surface area contributed by atoms with E-state index in [1.807, 2.05) is 36.4 Å².